The smallest absolute Gasteiger partial charge is 0.249 e. The predicted molar refractivity (Wildman–Crippen MR) is 65.7 cm³/mol. The molecule has 6 heteroatoms. The van der Waals surface area contributed by atoms with Crippen LogP contribution in [0.4, 0.5) is 0 Å². The molecule has 0 aromatic heterocycles. The van der Waals surface area contributed by atoms with Gasteiger partial charge in [-0.05, 0) is 24.3 Å². The van der Waals surface area contributed by atoms with Crippen molar-refractivity contribution in [1.29, 1.82) is 0 Å². The van der Waals surface area contributed by atoms with E-state index in [1.54, 1.807) is 12.1 Å². The van der Waals surface area contributed by atoms with Gasteiger partial charge in [0, 0.05) is 10.6 Å². The van der Waals surface area contributed by atoms with Crippen molar-refractivity contribution < 1.29 is 9.59 Å². The van der Waals surface area contributed by atoms with Gasteiger partial charge in [0.25, 0.3) is 0 Å². The van der Waals surface area contributed by atoms with Crippen molar-refractivity contribution in [2.75, 3.05) is 0 Å². The standard InChI is InChI=1S/C10H6Cl4O2/c11-7-3-1-6(2-4-7)8(15)5-9(16)10(12,13)14/h1-4H,5H2. The molecule has 0 saturated carbocycles. The number of hydrogen-bond acceptors (Lipinski definition) is 2. The van der Waals surface area contributed by atoms with Crippen LogP contribution in [0.5, 0.6) is 0 Å². The highest BCUT2D eigenvalue weighted by Crippen LogP contribution is 2.28. The highest BCUT2D eigenvalue weighted by atomic mass is 35.6. The van der Waals surface area contributed by atoms with E-state index in [2.05, 4.69) is 0 Å². The molecule has 0 fully saturated rings. The van der Waals surface area contributed by atoms with Gasteiger partial charge in [0.1, 0.15) is 0 Å². The van der Waals surface area contributed by atoms with Crippen molar-refractivity contribution in [3.63, 3.8) is 0 Å². The normalized spacial score (nSPS) is 11.2. The Kier molecular flexibility index (Phi) is 4.62. The lowest BCUT2D eigenvalue weighted by Gasteiger charge is -2.08. The molecular weight excluding hydrogens is 294 g/mol. The molecular formula is C10H6Cl4O2. The zero-order valence-corrected chi connectivity index (χ0v) is 10.9. The summed E-state index contributed by atoms with van der Waals surface area (Å²) >= 11 is 21.7. The Labute approximate surface area is 112 Å². The predicted octanol–water partition coefficient (Wildman–Crippen LogP) is 3.85. The molecule has 0 saturated heterocycles. The zero-order chi connectivity index (χ0) is 12.3. The summed E-state index contributed by atoms with van der Waals surface area (Å²) < 4.78 is -2.05. The largest absolute Gasteiger partial charge is 0.294 e. The van der Waals surface area contributed by atoms with Crippen LogP contribution in [-0.4, -0.2) is 15.4 Å². The van der Waals surface area contributed by atoms with Crippen molar-refractivity contribution >= 4 is 58.0 Å². The van der Waals surface area contributed by atoms with Gasteiger partial charge in [-0.25, -0.2) is 0 Å². The Bertz CT molecular complexity index is 406. The van der Waals surface area contributed by atoms with Crippen molar-refractivity contribution in [3.05, 3.63) is 34.9 Å². The maximum Gasteiger partial charge on any atom is 0.249 e. The molecule has 0 atom stereocenters. The van der Waals surface area contributed by atoms with E-state index >= 15 is 0 Å². The number of Topliss-reactive ketones (excluding diaryl/α,β-unsaturated/α-hetero) is 2. The second-order valence-corrected chi connectivity index (χ2v) is 5.75. The summed E-state index contributed by atoms with van der Waals surface area (Å²) in [6.45, 7) is 0. The number of carbonyl (C=O) groups excluding carboxylic acids is 2. The first-order chi connectivity index (χ1) is 7.30. The summed E-state index contributed by atoms with van der Waals surface area (Å²) in [6, 6.07) is 6.12. The summed E-state index contributed by atoms with van der Waals surface area (Å²) in [4.78, 5) is 22.8. The minimum atomic E-state index is -2.05. The first kappa shape index (κ1) is 13.8. The number of rotatable bonds is 3. The lowest BCUT2D eigenvalue weighted by molar-refractivity contribution is -0.117. The monoisotopic (exact) mass is 298 g/mol. The van der Waals surface area contributed by atoms with Crippen LogP contribution in [0.3, 0.4) is 0 Å². The molecule has 0 spiro atoms. The molecule has 2 nitrogen and oxygen atoms in total. The molecule has 1 aromatic carbocycles. The Balaban J connectivity index is 2.74. The van der Waals surface area contributed by atoms with Crippen molar-refractivity contribution in [1.82, 2.24) is 0 Å². The van der Waals surface area contributed by atoms with E-state index in [0.717, 1.165) is 0 Å². The lowest BCUT2D eigenvalue weighted by atomic mass is 10.1. The van der Waals surface area contributed by atoms with E-state index in [1.807, 2.05) is 0 Å². The minimum absolute atomic E-state index is 0.354. The molecule has 0 aliphatic heterocycles. The Morgan fingerprint density at radius 1 is 1.06 bits per heavy atom. The molecule has 1 rings (SSSR count). The summed E-state index contributed by atoms with van der Waals surface area (Å²) in [5.41, 5.74) is 0.354. The molecule has 0 heterocycles. The molecule has 0 bridgehead atoms. The van der Waals surface area contributed by atoms with Crippen LogP contribution >= 0.6 is 46.4 Å². The van der Waals surface area contributed by atoms with E-state index in [9.17, 15) is 9.59 Å². The third-order valence-corrected chi connectivity index (χ3v) is 2.69. The fourth-order valence-corrected chi connectivity index (χ4v) is 1.31. The van der Waals surface area contributed by atoms with Gasteiger partial charge in [0.05, 0.1) is 6.42 Å². The summed E-state index contributed by atoms with van der Waals surface area (Å²) in [7, 11) is 0. The second-order valence-electron chi connectivity index (χ2n) is 3.03. The van der Waals surface area contributed by atoms with Gasteiger partial charge in [-0.3, -0.25) is 9.59 Å². The lowest BCUT2D eigenvalue weighted by Crippen LogP contribution is -2.22. The van der Waals surface area contributed by atoms with Crippen LogP contribution < -0.4 is 0 Å². The second kappa shape index (κ2) is 5.37. The van der Waals surface area contributed by atoms with Gasteiger partial charge in [0.2, 0.25) is 3.79 Å². The fraction of sp³-hybridized carbons (Fsp3) is 0.200. The minimum Gasteiger partial charge on any atom is -0.294 e. The van der Waals surface area contributed by atoms with Gasteiger partial charge in [-0.2, -0.15) is 0 Å². The van der Waals surface area contributed by atoms with Gasteiger partial charge in [-0.1, -0.05) is 46.4 Å². The van der Waals surface area contributed by atoms with Crippen LogP contribution in [-0.2, 0) is 4.79 Å². The van der Waals surface area contributed by atoms with Crippen LogP contribution in [0.25, 0.3) is 0 Å². The fourth-order valence-electron chi connectivity index (χ4n) is 0.984. The van der Waals surface area contributed by atoms with E-state index in [0.29, 0.717) is 10.6 Å². The average molecular weight is 300 g/mol. The maximum atomic E-state index is 11.6. The van der Waals surface area contributed by atoms with E-state index in [4.69, 9.17) is 46.4 Å². The number of ketones is 2. The SMILES string of the molecule is O=C(CC(=O)C(Cl)(Cl)Cl)c1ccc(Cl)cc1. The molecule has 16 heavy (non-hydrogen) atoms. The maximum absolute atomic E-state index is 11.6. The summed E-state index contributed by atoms with van der Waals surface area (Å²) in [6.07, 6.45) is -0.446. The van der Waals surface area contributed by atoms with Gasteiger partial charge >= 0.3 is 0 Å². The Morgan fingerprint density at radius 2 is 1.56 bits per heavy atom. The first-order valence-corrected chi connectivity index (χ1v) is 5.70. The van der Waals surface area contributed by atoms with Gasteiger partial charge in [-0.15, -0.1) is 0 Å². The number of carbonyl (C=O) groups is 2. The zero-order valence-electron chi connectivity index (χ0n) is 7.84. The molecule has 0 radical (unpaired) electrons. The van der Waals surface area contributed by atoms with E-state index in [1.165, 1.54) is 12.1 Å². The molecule has 0 amide bonds. The van der Waals surface area contributed by atoms with Crippen molar-refractivity contribution in [2.24, 2.45) is 0 Å². The molecule has 1 aromatic rings. The summed E-state index contributed by atoms with van der Waals surface area (Å²) in [5, 5.41) is 0.504. The van der Waals surface area contributed by atoms with Crippen LogP contribution in [0.2, 0.25) is 5.02 Å². The van der Waals surface area contributed by atoms with Crippen molar-refractivity contribution in [3.8, 4) is 0 Å². The van der Waals surface area contributed by atoms with Crippen LogP contribution in [0.15, 0.2) is 24.3 Å². The molecule has 0 N–H and O–H groups in total. The number of benzene rings is 1. The quantitative estimate of drug-likeness (QED) is 0.482. The molecule has 0 unspecified atom stereocenters. The topological polar surface area (TPSA) is 34.1 Å². The highest BCUT2D eigenvalue weighted by Gasteiger charge is 2.31. The van der Waals surface area contributed by atoms with Crippen LogP contribution in [0, 0.1) is 0 Å². The highest BCUT2D eigenvalue weighted by molar-refractivity contribution is 6.76. The van der Waals surface area contributed by atoms with Gasteiger partial charge in [0.15, 0.2) is 11.6 Å². The first-order valence-electron chi connectivity index (χ1n) is 4.19. The molecule has 86 valence electrons. The third-order valence-electron chi connectivity index (χ3n) is 1.80. The molecule has 0 aliphatic carbocycles. The number of hydrogen-bond donors (Lipinski definition) is 0. The number of halogens is 4. The Hall–Kier alpha value is -0.280. The molecule has 0 aliphatic rings. The number of alkyl halides is 3. The average Bonchev–Trinajstić information content (AvgIpc) is 2.17. The van der Waals surface area contributed by atoms with Crippen molar-refractivity contribution in [2.45, 2.75) is 10.2 Å². The third kappa shape index (κ3) is 3.95. The van der Waals surface area contributed by atoms with Gasteiger partial charge < -0.3 is 0 Å². The Morgan fingerprint density at radius 3 is 2.00 bits per heavy atom. The summed E-state index contributed by atoms with van der Waals surface area (Å²) in [5.74, 6) is -1.16. The van der Waals surface area contributed by atoms with Crippen LogP contribution in [0.1, 0.15) is 16.8 Å². The van der Waals surface area contributed by atoms with E-state index < -0.39 is 21.8 Å². The van der Waals surface area contributed by atoms with E-state index in [-0.39, 0.29) is 0 Å².